The van der Waals surface area contributed by atoms with Crippen LogP contribution >= 0.6 is 0 Å². The number of benzene rings is 2. The maximum atomic E-state index is 2.20. The van der Waals surface area contributed by atoms with E-state index in [1.807, 2.05) is 0 Å². The van der Waals surface area contributed by atoms with Gasteiger partial charge in [0.05, 0.1) is 0 Å². The molecule has 10 heteroatoms. The van der Waals surface area contributed by atoms with E-state index in [9.17, 15) is 0 Å². The van der Waals surface area contributed by atoms with E-state index in [0.29, 0.717) is 0 Å². The summed E-state index contributed by atoms with van der Waals surface area (Å²) in [7, 11) is 0.271. The molecule has 2 nitrogen and oxygen atoms in total. The normalized spacial score (nSPS) is 5.82. The molecule has 0 amide bonds. The van der Waals surface area contributed by atoms with E-state index in [1.165, 1.54) is 10.4 Å². The van der Waals surface area contributed by atoms with E-state index in [1.54, 1.807) is 0 Å². The summed E-state index contributed by atoms with van der Waals surface area (Å²) in [5.41, 5.74) is 0. The van der Waals surface area contributed by atoms with Crippen molar-refractivity contribution >= 4 is 83.4 Å². The summed E-state index contributed by atoms with van der Waals surface area (Å²) in [6.07, 6.45) is 0. The van der Waals surface area contributed by atoms with Crippen LogP contribution in [0.3, 0.4) is 0 Å². The van der Waals surface area contributed by atoms with Gasteiger partial charge in [0.15, 0.2) is 0 Å². The SMILES string of the molecule is O.O.[Al].[Cl-].[Cl-].[Cl-].[Cl-].[Mg+2].[Mg+2].c1ccc([SiH]c2ccccc2)cc1. The molecule has 22 heavy (non-hydrogen) atoms. The fraction of sp³-hybridized carbons (Fsp3) is 0. The number of hydrogen-bond acceptors (Lipinski definition) is 0. The Morgan fingerprint density at radius 3 is 0.955 bits per heavy atom. The second-order valence-corrected chi connectivity index (χ2v) is 4.59. The van der Waals surface area contributed by atoms with Crippen molar-refractivity contribution in [1.29, 1.82) is 0 Å². The van der Waals surface area contributed by atoms with E-state index >= 15 is 0 Å². The molecule has 114 valence electrons. The monoisotopic (exact) mass is 434 g/mol. The topological polar surface area (TPSA) is 63.0 Å². The Labute approximate surface area is 202 Å². The Hall–Kier alpha value is 1.80. The molecule has 2 aromatic rings. The maximum Gasteiger partial charge on any atom is 2.00 e. The summed E-state index contributed by atoms with van der Waals surface area (Å²) >= 11 is 0. The fourth-order valence-electron chi connectivity index (χ4n) is 1.29. The molecule has 0 aliphatic rings. The molecule has 4 N–H and O–H groups in total. The third-order valence-corrected chi connectivity index (χ3v) is 3.37. The van der Waals surface area contributed by atoms with Crippen molar-refractivity contribution in [1.82, 2.24) is 0 Å². The van der Waals surface area contributed by atoms with E-state index in [-0.39, 0.29) is 134 Å². The molecule has 0 aromatic heterocycles. The van der Waals surface area contributed by atoms with Crippen molar-refractivity contribution in [2.75, 3.05) is 0 Å². The molecule has 0 atom stereocenters. The van der Waals surface area contributed by atoms with Crippen LogP contribution in [0.5, 0.6) is 0 Å². The number of hydrogen-bond donors (Lipinski definition) is 0. The van der Waals surface area contributed by atoms with Crippen molar-refractivity contribution < 1.29 is 60.6 Å². The maximum absolute atomic E-state index is 2.20. The third kappa shape index (κ3) is 19.8. The van der Waals surface area contributed by atoms with E-state index in [2.05, 4.69) is 60.7 Å². The first-order valence-corrected chi connectivity index (χ1v) is 5.55. The smallest absolute Gasteiger partial charge is 1.00 e. The van der Waals surface area contributed by atoms with Crippen LogP contribution in [0.1, 0.15) is 0 Å². The number of halogens is 4. The van der Waals surface area contributed by atoms with Crippen molar-refractivity contribution in [2.45, 2.75) is 0 Å². The van der Waals surface area contributed by atoms with Gasteiger partial charge in [0.2, 0.25) is 0 Å². The van der Waals surface area contributed by atoms with Crippen LogP contribution in [0.4, 0.5) is 0 Å². The molecule has 0 fully saturated rings. The molecule has 0 spiro atoms. The van der Waals surface area contributed by atoms with Gasteiger partial charge in [-0.2, -0.15) is 0 Å². The van der Waals surface area contributed by atoms with Gasteiger partial charge in [0.1, 0.15) is 9.52 Å². The zero-order chi connectivity index (χ0) is 8.93. The Balaban J connectivity index is -0.0000000363. The van der Waals surface area contributed by atoms with E-state index in [4.69, 9.17) is 0 Å². The standard InChI is InChI=1S/C12H11Si.Al.4ClH.2Mg.2H2O/c1-3-7-11(8-4-1)13-12-9-5-2-6-10-12;;;;;;;;;/h1-10,13H;;4*1H;;;2*1H2/q;;;;;;2*+2;;/p-4. The van der Waals surface area contributed by atoms with Crippen molar-refractivity contribution in [2.24, 2.45) is 0 Å². The van der Waals surface area contributed by atoms with Gasteiger partial charge < -0.3 is 60.6 Å². The molecule has 0 bridgehead atoms. The third-order valence-electron chi connectivity index (χ3n) is 1.93. The summed E-state index contributed by atoms with van der Waals surface area (Å²) in [5.74, 6) is 0. The first-order chi connectivity index (χ1) is 6.45. The van der Waals surface area contributed by atoms with Crippen LogP contribution in [-0.2, 0) is 0 Å². The molecule has 0 aliphatic heterocycles. The summed E-state index contributed by atoms with van der Waals surface area (Å²) in [5, 5.41) is 2.90. The van der Waals surface area contributed by atoms with Gasteiger partial charge in [-0.3, -0.25) is 0 Å². The van der Waals surface area contributed by atoms with E-state index < -0.39 is 0 Å². The molecule has 0 unspecified atom stereocenters. The van der Waals surface area contributed by atoms with Gasteiger partial charge in [-0.05, 0) is 0 Å². The second kappa shape index (κ2) is 30.7. The van der Waals surface area contributed by atoms with Gasteiger partial charge in [0.25, 0.3) is 0 Å². The summed E-state index contributed by atoms with van der Waals surface area (Å²) in [6, 6.07) is 21.3. The molecule has 4 radical (unpaired) electrons. The summed E-state index contributed by atoms with van der Waals surface area (Å²) in [6.45, 7) is 0. The first kappa shape index (κ1) is 49.6. The van der Waals surface area contributed by atoms with Gasteiger partial charge in [-0.15, -0.1) is 0 Å². The van der Waals surface area contributed by atoms with E-state index in [0.717, 1.165) is 0 Å². The van der Waals surface area contributed by atoms with Gasteiger partial charge in [0, 0.05) is 17.4 Å². The molecular weight excluding hydrogens is 422 g/mol. The molecule has 0 saturated carbocycles. The Morgan fingerprint density at radius 2 is 0.727 bits per heavy atom. The number of rotatable bonds is 2. The molecular formula is C12H15AlCl4Mg2O2Si. The fourth-order valence-corrected chi connectivity index (χ4v) is 2.51. The summed E-state index contributed by atoms with van der Waals surface area (Å²) < 4.78 is 0. The van der Waals surface area contributed by atoms with Crippen LogP contribution < -0.4 is 60.0 Å². The van der Waals surface area contributed by atoms with Crippen molar-refractivity contribution in [3.05, 3.63) is 60.7 Å². The average Bonchev–Trinajstić information content (AvgIpc) is 2.21. The minimum atomic E-state index is 0. The van der Waals surface area contributed by atoms with Crippen LogP contribution in [0.25, 0.3) is 0 Å². The zero-order valence-corrected chi connectivity index (χ0v) is 20.0. The quantitative estimate of drug-likeness (QED) is 0.420. The first-order valence-electron chi connectivity index (χ1n) is 4.40. The molecule has 0 aliphatic carbocycles. The Morgan fingerprint density at radius 1 is 0.500 bits per heavy atom. The Bertz CT molecular complexity index is 354. The Kier molecular flexibility index (Phi) is 69.1. The van der Waals surface area contributed by atoms with Crippen molar-refractivity contribution in [3.8, 4) is 0 Å². The molecule has 0 heterocycles. The van der Waals surface area contributed by atoms with Crippen LogP contribution in [-0.4, -0.2) is 83.9 Å². The minimum Gasteiger partial charge on any atom is -1.00 e. The second-order valence-electron chi connectivity index (χ2n) is 2.97. The molecule has 0 saturated heterocycles. The van der Waals surface area contributed by atoms with Crippen LogP contribution in [0.2, 0.25) is 0 Å². The molecule has 2 aromatic carbocycles. The van der Waals surface area contributed by atoms with Gasteiger partial charge in [-0.1, -0.05) is 71.0 Å². The van der Waals surface area contributed by atoms with Crippen LogP contribution in [0, 0.1) is 0 Å². The predicted molar refractivity (Wildman–Crippen MR) is 83.8 cm³/mol. The van der Waals surface area contributed by atoms with Gasteiger partial charge in [-0.25, -0.2) is 0 Å². The predicted octanol–water partition coefficient (Wildman–Crippen LogP) is -13.7. The van der Waals surface area contributed by atoms with Crippen LogP contribution in [0.15, 0.2) is 60.7 Å². The summed E-state index contributed by atoms with van der Waals surface area (Å²) in [4.78, 5) is 0. The zero-order valence-electron chi connectivity index (χ0n) is 11.9. The average molecular weight is 437 g/mol. The molecule has 2 rings (SSSR count). The van der Waals surface area contributed by atoms with Gasteiger partial charge >= 0.3 is 46.1 Å². The largest absolute Gasteiger partial charge is 2.00 e. The minimum absolute atomic E-state index is 0. The van der Waals surface area contributed by atoms with Crippen molar-refractivity contribution in [3.63, 3.8) is 0 Å².